The number of aromatic nitrogens is 4. The van der Waals surface area contributed by atoms with Gasteiger partial charge in [0.25, 0.3) is 11.8 Å². The van der Waals surface area contributed by atoms with Crippen LogP contribution < -0.4 is 10.9 Å². The van der Waals surface area contributed by atoms with Crippen LogP contribution in [0.2, 0.25) is 0 Å². The van der Waals surface area contributed by atoms with Crippen LogP contribution >= 0.6 is 0 Å². The maximum absolute atomic E-state index is 12.7. The Kier molecular flexibility index (Phi) is 6.32. The number of fused-ring (bicyclic) bond motifs is 1. The highest BCUT2D eigenvalue weighted by atomic mass is 16.6. The first-order valence-electron chi connectivity index (χ1n) is 12.4. The molecule has 10 heteroatoms. The van der Waals surface area contributed by atoms with Gasteiger partial charge in [-0.1, -0.05) is 38.5 Å². The van der Waals surface area contributed by atoms with Crippen LogP contribution in [0.25, 0.3) is 11.0 Å². The molecule has 1 aliphatic heterocycles. The fourth-order valence-corrected chi connectivity index (χ4v) is 5.57. The zero-order valence-electron chi connectivity index (χ0n) is 19.0. The second-order valence-electron chi connectivity index (χ2n) is 9.86. The van der Waals surface area contributed by atoms with Gasteiger partial charge in [-0.2, -0.15) is 5.10 Å². The summed E-state index contributed by atoms with van der Waals surface area (Å²) >= 11 is 0. The average molecular weight is 458 g/mol. The summed E-state index contributed by atoms with van der Waals surface area (Å²) in [5.74, 6) is 1.81. The number of rotatable bonds is 7. The van der Waals surface area contributed by atoms with E-state index in [-0.39, 0.29) is 12.9 Å². The molecule has 0 amide bonds. The van der Waals surface area contributed by atoms with Crippen LogP contribution in [-0.4, -0.2) is 49.2 Å². The highest BCUT2D eigenvalue weighted by molar-refractivity contribution is 5.73. The molecule has 33 heavy (non-hydrogen) atoms. The summed E-state index contributed by atoms with van der Waals surface area (Å²) < 4.78 is 1.94. The van der Waals surface area contributed by atoms with Crippen LogP contribution in [0.15, 0.2) is 23.0 Å². The van der Waals surface area contributed by atoms with Gasteiger partial charge in [-0.15, -0.1) is 0 Å². The van der Waals surface area contributed by atoms with Gasteiger partial charge >= 0.3 is 0 Å². The Labute approximate surface area is 194 Å². The van der Waals surface area contributed by atoms with E-state index in [0.29, 0.717) is 47.7 Å². The van der Waals surface area contributed by atoms with Gasteiger partial charge in [-0.3, -0.25) is 14.9 Å². The third-order valence-corrected chi connectivity index (χ3v) is 7.54. The molecular formula is C23H35N7O3. The Morgan fingerprint density at radius 2 is 1.88 bits per heavy atom. The molecule has 2 N–H and O–H groups in total. The molecule has 0 bridgehead atoms. The maximum atomic E-state index is 12.7. The molecule has 0 radical (unpaired) electrons. The molecule has 10 nitrogen and oxygen atoms in total. The number of nitrogens with zero attached hydrogens (tertiary/aromatic N) is 5. The lowest BCUT2D eigenvalue weighted by Gasteiger charge is -2.41. The minimum atomic E-state index is -0.397. The van der Waals surface area contributed by atoms with Crippen LogP contribution in [0, 0.1) is 16.0 Å². The van der Waals surface area contributed by atoms with E-state index in [1.165, 1.54) is 51.4 Å². The second kappa shape index (κ2) is 9.52. The Morgan fingerprint density at radius 3 is 2.58 bits per heavy atom. The van der Waals surface area contributed by atoms with Crippen molar-refractivity contribution in [3.8, 4) is 0 Å². The normalized spacial score (nSPS) is 21.3. The molecule has 1 saturated heterocycles. The summed E-state index contributed by atoms with van der Waals surface area (Å²) in [5.41, 5.74) is 0.502. The van der Waals surface area contributed by atoms with E-state index in [1.807, 2.05) is 9.58 Å². The molecule has 180 valence electrons. The van der Waals surface area contributed by atoms with Gasteiger partial charge < -0.3 is 15.2 Å². The molecule has 2 saturated carbocycles. The van der Waals surface area contributed by atoms with Gasteiger partial charge in [0.1, 0.15) is 11.2 Å². The summed E-state index contributed by atoms with van der Waals surface area (Å²) in [5, 5.41) is 19.6. The molecule has 0 atom stereocenters. The lowest BCUT2D eigenvalue weighted by atomic mass is 9.89. The molecule has 0 aromatic carbocycles. The van der Waals surface area contributed by atoms with Gasteiger partial charge in [0.2, 0.25) is 0 Å². The highest BCUT2D eigenvalue weighted by Gasteiger charge is 2.34. The van der Waals surface area contributed by atoms with Crippen LogP contribution in [0.5, 0.6) is 0 Å². The minimum absolute atomic E-state index is 0. The first kappa shape index (κ1) is 21.9. The topological polar surface area (TPSA) is 122 Å². The third kappa shape index (κ3) is 4.74. The molecule has 2 aromatic rings. The fraction of sp³-hybridized carbons (Fsp3) is 0.696. The number of hydrogen-bond acceptors (Lipinski definition) is 7. The van der Waals surface area contributed by atoms with E-state index in [2.05, 4.69) is 15.4 Å². The molecule has 2 aliphatic carbocycles. The first-order chi connectivity index (χ1) is 16.1. The first-order valence-corrected chi connectivity index (χ1v) is 12.4. The smallest absolute Gasteiger partial charge is 0.274 e. The summed E-state index contributed by atoms with van der Waals surface area (Å²) in [6.07, 6.45) is 14.6. The molecule has 3 fully saturated rings. The van der Waals surface area contributed by atoms with Crippen molar-refractivity contribution in [1.82, 2.24) is 30.0 Å². The Balaban J connectivity index is 0.00000274. The van der Waals surface area contributed by atoms with Gasteiger partial charge in [0.05, 0.1) is 23.1 Å². The maximum Gasteiger partial charge on any atom is 0.274 e. The molecule has 0 unspecified atom stereocenters. The van der Waals surface area contributed by atoms with Crippen molar-refractivity contribution in [3.05, 3.63) is 44.5 Å². The minimum Gasteiger partial charge on any atom is -0.366 e. The largest absolute Gasteiger partial charge is 0.366 e. The van der Waals surface area contributed by atoms with Crippen molar-refractivity contribution < 1.29 is 6.35 Å². The van der Waals surface area contributed by atoms with Crippen molar-refractivity contribution in [2.45, 2.75) is 76.2 Å². The van der Waals surface area contributed by atoms with E-state index in [1.54, 1.807) is 6.20 Å². The van der Waals surface area contributed by atoms with Gasteiger partial charge in [0.15, 0.2) is 11.5 Å². The fourth-order valence-electron chi connectivity index (χ4n) is 5.57. The third-order valence-electron chi connectivity index (χ3n) is 7.54. The van der Waals surface area contributed by atoms with Crippen molar-refractivity contribution >= 4 is 11.0 Å². The number of nitro groups is 1. The second-order valence-corrected chi connectivity index (χ2v) is 9.86. The standard InChI is InChI=1S/C23H33N7O3.H2/c31-23-19-12-25-30(18-9-5-2-6-10-18)22(19)26-21(27-23)17-13-28(14-17)20(15-29(32)33)24-11-16-7-3-1-4-8-16;/h12,15-18,24H,1-11,13-14H2,(H,26,27,31);1H/b20-15-;. The number of nitrogens with one attached hydrogen (secondary N) is 2. The number of aromatic amines is 1. The summed E-state index contributed by atoms with van der Waals surface area (Å²) in [7, 11) is 0. The molecule has 0 spiro atoms. The van der Waals surface area contributed by atoms with Gasteiger partial charge in [-0.05, 0) is 31.6 Å². The summed E-state index contributed by atoms with van der Waals surface area (Å²) in [6, 6.07) is 0.301. The van der Waals surface area contributed by atoms with Gasteiger partial charge in [0, 0.05) is 21.1 Å². The van der Waals surface area contributed by atoms with Crippen LogP contribution in [0.4, 0.5) is 0 Å². The van der Waals surface area contributed by atoms with Crippen LogP contribution in [0.1, 0.15) is 83.4 Å². The molecular weight excluding hydrogens is 422 g/mol. The zero-order valence-corrected chi connectivity index (χ0v) is 19.0. The quantitative estimate of drug-likeness (QED) is 0.482. The van der Waals surface area contributed by atoms with Crippen LogP contribution in [-0.2, 0) is 0 Å². The Morgan fingerprint density at radius 1 is 1.18 bits per heavy atom. The number of hydrogen-bond donors (Lipinski definition) is 2. The predicted octanol–water partition coefficient (Wildman–Crippen LogP) is 3.52. The zero-order chi connectivity index (χ0) is 22.8. The monoisotopic (exact) mass is 457 g/mol. The van der Waals surface area contributed by atoms with E-state index in [9.17, 15) is 14.9 Å². The molecule has 2 aromatic heterocycles. The van der Waals surface area contributed by atoms with E-state index < -0.39 is 4.92 Å². The average Bonchev–Trinajstić information content (AvgIpc) is 3.22. The highest BCUT2D eigenvalue weighted by Crippen LogP contribution is 2.31. The van der Waals surface area contributed by atoms with Crippen molar-refractivity contribution in [2.75, 3.05) is 19.6 Å². The Bertz CT molecular complexity index is 1080. The molecule has 5 rings (SSSR count). The van der Waals surface area contributed by atoms with E-state index in [4.69, 9.17) is 4.98 Å². The van der Waals surface area contributed by atoms with Crippen molar-refractivity contribution in [2.24, 2.45) is 5.92 Å². The summed E-state index contributed by atoms with van der Waals surface area (Å²) in [6.45, 7) is 1.94. The van der Waals surface area contributed by atoms with Crippen molar-refractivity contribution in [1.29, 1.82) is 0 Å². The lowest BCUT2D eigenvalue weighted by molar-refractivity contribution is -0.405. The van der Waals surface area contributed by atoms with E-state index >= 15 is 0 Å². The van der Waals surface area contributed by atoms with Crippen molar-refractivity contribution in [3.63, 3.8) is 0 Å². The SMILES string of the molecule is O=c1[nH]c(C2CN(/C(=C\[N+](=O)[O-])NCC3CCCCC3)C2)nc2c1cnn2C1CCCCC1.[HH]. The number of H-pyrrole nitrogens is 1. The predicted molar refractivity (Wildman–Crippen MR) is 126 cm³/mol. The molecule has 3 heterocycles. The molecule has 3 aliphatic rings. The number of likely N-dealkylation sites (tertiary alicyclic amines) is 1. The van der Waals surface area contributed by atoms with Gasteiger partial charge in [-0.25, -0.2) is 9.67 Å². The Hall–Kier alpha value is -2.91. The van der Waals surface area contributed by atoms with Crippen LogP contribution in [0.3, 0.4) is 0 Å². The lowest BCUT2D eigenvalue weighted by Crippen LogP contribution is -2.49. The summed E-state index contributed by atoms with van der Waals surface area (Å²) in [4.78, 5) is 33.2. The van der Waals surface area contributed by atoms with E-state index in [0.717, 1.165) is 25.6 Å².